The van der Waals surface area contributed by atoms with E-state index in [1.165, 1.54) is 44.3 Å². The molecule has 1 fully saturated rings. The molecule has 0 saturated carbocycles. The van der Waals surface area contributed by atoms with Gasteiger partial charge in [-0.15, -0.1) is 0 Å². The highest BCUT2D eigenvalue weighted by Crippen LogP contribution is 2.38. The van der Waals surface area contributed by atoms with Crippen molar-refractivity contribution in [1.29, 1.82) is 0 Å². The Bertz CT molecular complexity index is 431. The van der Waals surface area contributed by atoms with Crippen LogP contribution in [0, 0.1) is 5.41 Å². The maximum Gasteiger partial charge on any atom is 0.160 e. The normalized spacial score (nSPS) is 18.9. The molecular weight excluding hydrogens is 250 g/mol. The summed E-state index contributed by atoms with van der Waals surface area (Å²) in [4.78, 5) is 2.51. The third-order valence-electron chi connectivity index (χ3n) is 5.07. The average molecular weight is 277 g/mol. The molecule has 0 aliphatic carbocycles. The first kappa shape index (κ1) is 15.2. The summed E-state index contributed by atoms with van der Waals surface area (Å²) in [6.45, 7) is 7.93. The lowest BCUT2D eigenvalue weighted by Gasteiger charge is -2.41. The van der Waals surface area contributed by atoms with Gasteiger partial charge in [-0.3, -0.25) is 4.90 Å². The van der Waals surface area contributed by atoms with Crippen LogP contribution in [0.15, 0.2) is 18.2 Å². The largest absolute Gasteiger partial charge is 0.504 e. The number of phenolic OH excluding ortho intramolecular Hbond substituents is 1. The molecule has 1 aliphatic heterocycles. The van der Waals surface area contributed by atoms with Crippen molar-refractivity contribution in [1.82, 2.24) is 4.90 Å². The van der Waals surface area contributed by atoms with E-state index in [1.807, 2.05) is 12.1 Å². The molecule has 0 atom stereocenters. The van der Waals surface area contributed by atoms with Crippen LogP contribution in [0.25, 0.3) is 0 Å². The lowest BCUT2D eigenvalue weighted by molar-refractivity contribution is 0.0908. The van der Waals surface area contributed by atoms with E-state index in [2.05, 4.69) is 18.7 Å². The van der Waals surface area contributed by atoms with Crippen molar-refractivity contribution in [2.45, 2.75) is 46.1 Å². The molecule has 112 valence electrons. The van der Waals surface area contributed by atoms with E-state index in [9.17, 15) is 5.11 Å². The molecule has 1 N–H and O–H groups in total. The molecule has 0 radical (unpaired) electrons. The van der Waals surface area contributed by atoms with E-state index in [0.717, 1.165) is 6.54 Å². The van der Waals surface area contributed by atoms with Crippen LogP contribution in [-0.2, 0) is 6.54 Å². The van der Waals surface area contributed by atoms with Crippen molar-refractivity contribution in [2.24, 2.45) is 5.41 Å². The molecule has 1 aromatic rings. The van der Waals surface area contributed by atoms with Gasteiger partial charge in [-0.25, -0.2) is 0 Å². The first-order valence-electron chi connectivity index (χ1n) is 7.70. The van der Waals surface area contributed by atoms with Crippen molar-refractivity contribution in [2.75, 3.05) is 20.2 Å². The van der Waals surface area contributed by atoms with Gasteiger partial charge in [-0.05, 0) is 49.0 Å². The summed E-state index contributed by atoms with van der Waals surface area (Å²) >= 11 is 0. The van der Waals surface area contributed by atoms with Gasteiger partial charge in [0, 0.05) is 6.54 Å². The average Bonchev–Trinajstić information content (AvgIpc) is 2.50. The quantitative estimate of drug-likeness (QED) is 0.888. The van der Waals surface area contributed by atoms with Gasteiger partial charge in [0.05, 0.1) is 7.11 Å². The van der Waals surface area contributed by atoms with Crippen molar-refractivity contribution in [3.05, 3.63) is 23.8 Å². The highest BCUT2D eigenvalue weighted by Gasteiger charge is 2.30. The Kier molecular flexibility index (Phi) is 4.92. The number of rotatable bonds is 5. The lowest BCUT2D eigenvalue weighted by atomic mass is 9.74. The van der Waals surface area contributed by atoms with E-state index >= 15 is 0 Å². The Hall–Kier alpha value is -1.22. The minimum Gasteiger partial charge on any atom is -0.504 e. The molecule has 1 heterocycles. The van der Waals surface area contributed by atoms with E-state index in [0.29, 0.717) is 11.2 Å². The molecule has 0 unspecified atom stereocenters. The number of aromatic hydroxyl groups is 1. The van der Waals surface area contributed by atoms with Crippen molar-refractivity contribution in [3.63, 3.8) is 0 Å². The Labute approximate surface area is 122 Å². The Morgan fingerprint density at radius 2 is 1.85 bits per heavy atom. The number of piperidine rings is 1. The number of methoxy groups -OCH3 is 1. The molecule has 0 amide bonds. The van der Waals surface area contributed by atoms with Crippen LogP contribution in [0.1, 0.15) is 45.1 Å². The van der Waals surface area contributed by atoms with Crippen LogP contribution < -0.4 is 4.74 Å². The minimum absolute atomic E-state index is 0.214. The van der Waals surface area contributed by atoms with Gasteiger partial charge in [0.2, 0.25) is 0 Å². The van der Waals surface area contributed by atoms with Gasteiger partial charge in [-0.2, -0.15) is 0 Å². The Morgan fingerprint density at radius 3 is 2.40 bits per heavy atom. The summed E-state index contributed by atoms with van der Waals surface area (Å²) in [5.74, 6) is 0.779. The SMILES string of the molecule is CCC1(CC)CCN(Cc2ccc(O)c(OC)c2)CC1. The summed E-state index contributed by atoms with van der Waals surface area (Å²) in [6.07, 6.45) is 5.19. The smallest absolute Gasteiger partial charge is 0.160 e. The fourth-order valence-corrected chi connectivity index (χ4v) is 3.22. The van der Waals surface area contributed by atoms with Crippen LogP contribution >= 0.6 is 0 Å². The van der Waals surface area contributed by atoms with Crippen molar-refractivity contribution >= 4 is 0 Å². The van der Waals surface area contributed by atoms with Gasteiger partial charge in [0.25, 0.3) is 0 Å². The van der Waals surface area contributed by atoms with E-state index in [4.69, 9.17) is 4.74 Å². The maximum atomic E-state index is 9.63. The number of ether oxygens (including phenoxy) is 1. The molecule has 1 aromatic carbocycles. The molecule has 2 rings (SSSR count). The first-order valence-corrected chi connectivity index (χ1v) is 7.70. The molecule has 1 aliphatic rings. The zero-order chi connectivity index (χ0) is 14.6. The summed E-state index contributed by atoms with van der Waals surface area (Å²) in [7, 11) is 1.59. The molecule has 0 bridgehead atoms. The number of hydrogen-bond acceptors (Lipinski definition) is 3. The maximum absolute atomic E-state index is 9.63. The molecule has 3 heteroatoms. The van der Waals surface area contributed by atoms with Gasteiger partial charge in [0.15, 0.2) is 11.5 Å². The fourth-order valence-electron chi connectivity index (χ4n) is 3.22. The monoisotopic (exact) mass is 277 g/mol. The van der Waals surface area contributed by atoms with Crippen LogP contribution in [0.5, 0.6) is 11.5 Å². The zero-order valence-corrected chi connectivity index (χ0v) is 13.0. The first-order chi connectivity index (χ1) is 9.62. The zero-order valence-electron chi connectivity index (χ0n) is 13.0. The van der Waals surface area contributed by atoms with Crippen molar-refractivity contribution < 1.29 is 9.84 Å². The second-order valence-corrected chi connectivity index (χ2v) is 5.99. The number of nitrogens with zero attached hydrogens (tertiary/aromatic N) is 1. The van der Waals surface area contributed by atoms with Crippen LogP contribution in [-0.4, -0.2) is 30.2 Å². The van der Waals surface area contributed by atoms with Gasteiger partial charge in [-0.1, -0.05) is 32.8 Å². The van der Waals surface area contributed by atoms with Gasteiger partial charge < -0.3 is 9.84 Å². The standard InChI is InChI=1S/C17H27NO2/c1-4-17(5-2)8-10-18(11-9-17)13-14-6-7-15(19)16(12-14)20-3/h6-7,12,19H,4-5,8-11,13H2,1-3H3. The number of hydrogen-bond donors (Lipinski definition) is 1. The second-order valence-electron chi connectivity index (χ2n) is 5.99. The number of likely N-dealkylation sites (tertiary alicyclic amines) is 1. The van der Waals surface area contributed by atoms with Crippen LogP contribution in [0.4, 0.5) is 0 Å². The fraction of sp³-hybridized carbons (Fsp3) is 0.647. The highest BCUT2D eigenvalue weighted by molar-refractivity contribution is 5.41. The topological polar surface area (TPSA) is 32.7 Å². The second kappa shape index (κ2) is 6.49. The van der Waals surface area contributed by atoms with Gasteiger partial charge >= 0.3 is 0 Å². The third kappa shape index (κ3) is 3.26. The third-order valence-corrected chi connectivity index (χ3v) is 5.07. The molecule has 20 heavy (non-hydrogen) atoms. The van der Waals surface area contributed by atoms with E-state index in [1.54, 1.807) is 13.2 Å². The van der Waals surface area contributed by atoms with Crippen molar-refractivity contribution in [3.8, 4) is 11.5 Å². The summed E-state index contributed by atoms with van der Waals surface area (Å²) in [5, 5.41) is 9.63. The Balaban J connectivity index is 1.96. The van der Waals surface area contributed by atoms with Crippen LogP contribution in [0.2, 0.25) is 0 Å². The van der Waals surface area contributed by atoms with Gasteiger partial charge in [0.1, 0.15) is 0 Å². The number of benzene rings is 1. The minimum atomic E-state index is 0.214. The summed E-state index contributed by atoms with van der Waals surface area (Å²) in [6, 6.07) is 5.65. The van der Waals surface area contributed by atoms with Crippen LogP contribution in [0.3, 0.4) is 0 Å². The predicted octanol–water partition coefficient (Wildman–Crippen LogP) is 3.80. The summed E-state index contributed by atoms with van der Waals surface area (Å²) in [5.41, 5.74) is 1.78. The Morgan fingerprint density at radius 1 is 1.20 bits per heavy atom. The highest BCUT2D eigenvalue weighted by atomic mass is 16.5. The van der Waals surface area contributed by atoms with E-state index in [-0.39, 0.29) is 5.75 Å². The lowest BCUT2D eigenvalue weighted by Crippen LogP contribution is -2.39. The molecule has 1 saturated heterocycles. The summed E-state index contributed by atoms with van der Waals surface area (Å²) < 4.78 is 5.17. The number of phenols is 1. The predicted molar refractivity (Wildman–Crippen MR) is 82.2 cm³/mol. The molecule has 0 aromatic heterocycles. The van der Waals surface area contributed by atoms with E-state index < -0.39 is 0 Å². The molecule has 3 nitrogen and oxygen atoms in total. The molecule has 0 spiro atoms. The molecular formula is C17H27NO2.